The molecule has 1 aliphatic carbocycles. The van der Waals surface area contributed by atoms with Gasteiger partial charge < -0.3 is 10.1 Å². The highest BCUT2D eigenvalue weighted by Crippen LogP contribution is 2.33. The molecule has 0 bridgehead atoms. The molecular formula is C18H33NO3. The van der Waals surface area contributed by atoms with Crippen molar-refractivity contribution in [2.45, 2.75) is 91.7 Å². The fourth-order valence-electron chi connectivity index (χ4n) is 3.04. The van der Waals surface area contributed by atoms with Crippen LogP contribution in [0.3, 0.4) is 0 Å². The first-order valence-corrected chi connectivity index (χ1v) is 8.80. The number of carbonyl (C=O) groups is 2. The van der Waals surface area contributed by atoms with Gasteiger partial charge in [-0.15, -0.1) is 0 Å². The molecule has 128 valence electrons. The average molecular weight is 311 g/mol. The Morgan fingerprint density at radius 3 is 2.27 bits per heavy atom. The minimum absolute atomic E-state index is 0.0140. The van der Waals surface area contributed by atoms with E-state index >= 15 is 0 Å². The van der Waals surface area contributed by atoms with Crippen molar-refractivity contribution in [3.05, 3.63) is 0 Å². The Hall–Kier alpha value is -1.06. The van der Waals surface area contributed by atoms with Gasteiger partial charge in [-0.3, -0.25) is 9.59 Å². The summed E-state index contributed by atoms with van der Waals surface area (Å²) in [6.07, 6.45) is 6.80. The van der Waals surface area contributed by atoms with E-state index in [1.54, 1.807) is 0 Å². The summed E-state index contributed by atoms with van der Waals surface area (Å²) in [6, 6.07) is 0.122. The van der Waals surface area contributed by atoms with Crippen molar-refractivity contribution < 1.29 is 14.3 Å². The lowest BCUT2D eigenvalue weighted by Crippen LogP contribution is -2.40. The molecule has 1 aliphatic rings. The van der Waals surface area contributed by atoms with E-state index in [1.165, 1.54) is 6.42 Å². The Morgan fingerprint density at radius 2 is 1.77 bits per heavy atom. The zero-order valence-corrected chi connectivity index (χ0v) is 14.9. The molecule has 1 fully saturated rings. The minimum Gasteiger partial charge on any atom is -0.462 e. The second-order valence-corrected chi connectivity index (χ2v) is 7.35. The number of esters is 1. The number of hydrogen-bond acceptors (Lipinski definition) is 3. The number of ether oxygens (including phenoxy) is 1. The van der Waals surface area contributed by atoms with Gasteiger partial charge in [0.1, 0.15) is 6.10 Å². The van der Waals surface area contributed by atoms with Crippen molar-refractivity contribution in [2.75, 3.05) is 0 Å². The molecule has 0 heterocycles. The number of carbonyl (C=O) groups excluding carboxylic acids is 2. The topological polar surface area (TPSA) is 55.4 Å². The SMILES string of the molecule is CCC(C)(CC(C)C(=O)NC(C)C)C(=O)OC1CCCCC1. The molecule has 2 unspecified atom stereocenters. The zero-order valence-electron chi connectivity index (χ0n) is 14.9. The summed E-state index contributed by atoms with van der Waals surface area (Å²) in [7, 11) is 0. The molecule has 1 saturated carbocycles. The van der Waals surface area contributed by atoms with Crippen molar-refractivity contribution in [1.82, 2.24) is 5.32 Å². The second kappa shape index (κ2) is 8.54. The van der Waals surface area contributed by atoms with Gasteiger partial charge in [-0.2, -0.15) is 0 Å². The highest BCUT2D eigenvalue weighted by atomic mass is 16.5. The Balaban J connectivity index is 2.60. The van der Waals surface area contributed by atoms with Gasteiger partial charge in [0.2, 0.25) is 5.91 Å². The lowest BCUT2D eigenvalue weighted by Gasteiger charge is -2.32. The van der Waals surface area contributed by atoms with Gasteiger partial charge in [0, 0.05) is 12.0 Å². The van der Waals surface area contributed by atoms with Crippen molar-refractivity contribution >= 4 is 11.9 Å². The molecule has 1 amide bonds. The van der Waals surface area contributed by atoms with Crippen molar-refractivity contribution in [3.63, 3.8) is 0 Å². The van der Waals surface area contributed by atoms with Gasteiger partial charge in [0.05, 0.1) is 5.41 Å². The van der Waals surface area contributed by atoms with Gasteiger partial charge in [-0.1, -0.05) is 20.3 Å². The Kier molecular flexibility index (Phi) is 7.37. The lowest BCUT2D eigenvalue weighted by molar-refractivity contribution is -0.163. The molecule has 4 nitrogen and oxygen atoms in total. The third-order valence-corrected chi connectivity index (χ3v) is 4.73. The van der Waals surface area contributed by atoms with E-state index in [0.29, 0.717) is 12.8 Å². The Bertz CT molecular complexity index is 375. The lowest BCUT2D eigenvalue weighted by atomic mass is 9.78. The van der Waals surface area contributed by atoms with Crippen LogP contribution in [0.15, 0.2) is 0 Å². The molecule has 1 N–H and O–H groups in total. The first-order chi connectivity index (χ1) is 10.3. The van der Waals surface area contributed by atoms with Crippen LogP contribution in [-0.2, 0) is 14.3 Å². The first kappa shape index (κ1) is 19.0. The third kappa shape index (κ3) is 5.62. The van der Waals surface area contributed by atoms with Gasteiger partial charge in [0.25, 0.3) is 0 Å². The molecule has 1 rings (SSSR count). The molecular weight excluding hydrogens is 278 g/mol. The summed E-state index contributed by atoms with van der Waals surface area (Å²) in [5, 5.41) is 2.92. The van der Waals surface area contributed by atoms with Crippen molar-refractivity contribution in [2.24, 2.45) is 11.3 Å². The predicted molar refractivity (Wildman–Crippen MR) is 88.4 cm³/mol. The van der Waals surface area contributed by atoms with Crippen LogP contribution in [0.2, 0.25) is 0 Å². The monoisotopic (exact) mass is 311 g/mol. The van der Waals surface area contributed by atoms with Crippen LogP contribution in [-0.4, -0.2) is 24.0 Å². The van der Waals surface area contributed by atoms with Gasteiger partial charge in [0.15, 0.2) is 0 Å². The normalized spacial score (nSPS) is 20.3. The Labute approximate surface area is 135 Å². The molecule has 2 atom stereocenters. The van der Waals surface area contributed by atoms with Crippen LogP contribution in [0.25, 0.3) is 0 Å². The summed E-state index contributed by atoms with van der Waals surface area (Å²) in [5.74, 6) is -0.308. The van der Waals surface area contributed by atoms with Crippen LogP contribution >= 0.6 is 0 Å². The van der Waals surface area contributed by atoms with Crippen molar-refractivity contribution in [3.8, 4) is 0 Å². The van der Waals surface area contributed by atoms with E-state index < -0.39 is 5.41 Å². The number of nitrogens with one attached hydrogen (secondary N) is 1. The molecule has 0 spiro atoms. The highest BCUT2D eigenvalue weighted by Gasteiger charge is 2.37. The third-order valence-electron chi connectivity index (χ3n) is 4.73. The standard InChI is InChI=1S/C18H33NO3/c1-6-18(5,12-14(4)16(20)19-13(2)3)17(21)22-15-10-8-7-9-11-15/h13-15H,6-12H2,1-5H3,(H,19,20). The van der Waals surface area contributed by atoms with Crippen LogP contribution in [0.1, 0.15) is 79.6 Å². The average Bonchev–Trinajstić information content (AvgIpc) is 2.47. The molecule has 0 aromatic carbocycles. The van der Waals surface area contributed by atoms with E-state index in [2.05, 4.69) is 5.32 Å². The Morgan fingerprint density at radius 1 is 1.18 bits per heavy atom. The van der Waals surface area contributed by atoms with Crippen LogP contribution in [0.4, 0.5) is 0 Å². The van der Waals surface area contributed by atoms with Gasteiger partial charge >= 0.3 is 5.97 Å². The molecule has 4 heteroatoms. The maximum atomic E-state index is 12.6. The van der Waals surface area contributed by atoms with Gasteiger partial charge in [-0.05, 0) is 59.3 Å². The second-order valence-electron chi connectivity index (χ2n) is 7.35. The summed E-state index contributed by atoms with van der Waals surface area (Å²) < 4.78 is 5.74. The minimum atomic E-state index is -0.578. The summed E-state index contributed by atoms with van der Waals surface area (Å²) in [4.78, 5) is 24.7. The van der Waals surface area contributed by atoms with Crippen molar-refractivity contribution in [1.29, 1.82) is 0 Å². The smallest absolute Gasteiger partial charge is 0.312 e. The predicted octanol–water partition coefficient (Wildman–Crippen LogP) is 3.83. The zero-order chi connectivity index (χ0) is 16.8. The fraction of sp³-hybridized carbons (Fsp3) is 0.889. The summed E-state index contributed by atoms with van der Waals surface area (Å²) in [5.41, 5.74) is -0.578. The van der Waals surface area contributed by atoms with E-state index in [0.717, 1.165) is 25.7 Å². The molecule has 0 saturated heterocycles. The number of rotatable bonds is 7. The molecule has 0 aromatic heterocycles. The molecule has 0 radical (unpaired) electrons. The fourth-order valence-corrected chi connectivity index (χ4v) is 3.04. The van der Waals surface area contributed by atoms with E-state index in [-0.39, 0.29) is 29.9 Å². The molecule has 0 aromatic rings. The highest BCUT2D eigenvalue weighted by molar-refractivity contribution is 5.81. The first-order valence-electron chi connectivity index (χ1n) is 8.80. The van der Waals surface area contributed by atoms with E-state index in [1.807, 2.05) is 34.6 Å². The summed E-state index contributed by atoms with van der Waals surface area (Å²) >= 11 is 0. The maximum Gasteiger partial charge on any atom is 0.312 e. The van der Waals surface area contributed by atoms with Crippen LogP contribution in [0, 0.1) is 11.3 Å². The quantitative estimate of drug-likeness (QED) is 0.727. The maximum absolute atomic E-state index is 12.6. The van der Waals surface area contributed by atoms with E-state index in [4.69, 9.17) is 4.74 Å². The number of hydrogen-bond donors (Lipinski definition) is 1. The van der Waals surface area contributed by atoms with Gasteiger partial charge in [-0.25, -0.2) is 0 Å². The van der Waals surface area contributed by atoms with Crippen LogP contribution in [0.5, 0.6) is 0 Å². The number of amides is 1. The molecule has 22 heavy (non-hydrogen) atoms. The largest absolute Gasteiger partial charge is 0.462 e. The summed E-state index contributed by atoms with van der Waals surface area (Å²) in [6.45, 7) is 9.70. The van der Waals surface area contributed by atoms with Crippen LogP contribution < -0.4 is 5.32 Å². The van der Waals surface area contributed by atoms with E-state index in [9.17, 15) is 9.59 Å². The molecule has 0 aliphatic heterocycles.